The van der Waals surface area contributed by atoms with Gasteiger partial charge in [0.15, 0.2) is 0 Å². The molecular weight excluding hydrogens is 296 g/mol. The summed E-state index contributed by atoms with van der Waals surface area (Å²) in [5.74, 6) is 0.159. The van der Waals surface area contributed by atoms with E-state index >= 15 is 0 Å². The Morgan fingerprint density at radius 1 is 1.10 bits per heavy atom. The molecule has 5 heteroatoms. The highest BCUT2D eigenvalue weighted by Gasteiger charge is 2.08. The summed E-state index contributed by atoms with van der Waals surface area (Å²) in [7, 11) is 0. The largest absolute Gasteiger partial charge is 0.435 e. The number of halogens is 3. The van der Waals surface area contributed by atoms with Gasteiger partial charge in [0.25, 0.3) is 0 Å². The molecule has 0 aliphatic heterocycles. The molecule has 112 valence electrons. The molecule has 0 aliphatic rings. The molecule has 1 N–H and O–H groups in total. The zero-order chi connectivity index (χ0) is 15.2. The molecule has 0 fully saturated rings. The molecule has 0 bridgehead atoms. The smallest absolute Gasteiger partial charge is 0.387 e. The van der Waals surface area contributed by atoms with E-state index in [-0.39, 0.29) is 11.8 Å². The zero-order valence-corrected chi connectivity index (χ0v) is 12.3. The van der Waals surface area contributed by atoms with Gasteiger partial charge in [-0.2, -0.15) is 8.78 Å². The lowest BCUT2D eigenvalue weighted by Crippen LogP contribution is -2.18. The molecule has 0 heterocycles. The van der Waals surface area contributed by atoms with Crippen LogP contribution in [-0.2, 0) is 6.54 Å². The molecule has 0 spiro atoms. The summed E-state index contributed by atoms with van der Waals surface area (Å²) in [6.07, 6.45) is 0. The number of hydrogen-bond acceptors (Lipinski definition) is 2. The van der Waals surface area contributed by atoms with Crippen LogP contribution in [-0.4, -0.2) is 6.61 Å². The van der Waals surface area contributed by atoms with E-state index in [0.717, 1.165) is 16.1 Å². The van der Waals surface area contributed by atoms with E-state index in [1.807, 2.05) is 31.2 Å². The van der Waals surface area contributed by atoms with Crippen LogP contribution in [0, 0.1) is 0 Å². The van der Waals surface area contributed by atoms with E-state index in [2.05, 4.69) is 10.1 Å². The first-order chi connectivity index (χ1) is 10.1. The average Bonchev–Trinajstić information content (AvgIpc) is 2.46. The van der Waals surface area contributed by atoms with Crippen LogP contribution in [0.3, 0.4) is 0 Å². The maximum Gasteiger partial charge on any atom is 0.387 e. The summed E-state index contributed by atoms with van der Waals surface area (Å²) in [5.41, 5.74) is 2.01. The van der Waals surface area contributed by atoms with Crippen molar-refractivity contribution in [1.29, 1.82) is 0 Å². The second-order valence-corrected chi connectivity index (χ2v) is 5.05. The fourth-order valence-electron chi connectivity index (χ4n) is 1.96. The predicted molar refractivity (Wildman–Crippen MR) is 79.8 cm³/mol. The molecular formula is C16H16ClF2NO. The van der Waals surface area contributed by atoms with Gasteiger partial charge in [-0.15, -0.1) is 0 Å². The highest BCUT2D eigenvalue weighted by Crippen LogP contribution is 2.20. The van der Waals surface area contributed by atoms with Gasteiger partial charge in [0.2, 0.25) is 0 Å². The molecule has 2 aromatic carbocycles. The molecule has 2 nitrogen and oxygen atoms in total. The average molecular weight is 312 g/mol. The van der Waals surface area contributed by atoms with Gasteiger partial charge >= 0.3 is 6.61 Å². The topological polar surface area (TPSA) is 21.3 Å². The molecule has 21 heavy (non-hydrogen) atoms. The van der Waals surface area contributed by atoms with Crippen LogP contribution >= 0.6 is 11.6 Å². The van der Waals surface area contributed by atoms with Gasteiger partial charge in [0.05, 0.1) is 0 Å². The summed E-state index contributed by atoms with van der Waals surface area (Å²) in [6, 6.07) is 14.3. The van der Waals surface area contributed by atoms with Crippen molar-refractivity contribution < 1.29 is 13.5 Å². The third-order valence-electron chi connectivity index (χ3n) is 3.16. The van der Waals surface area contributed by atoms with E-state index in [1.165, 1.54) is 12.1 Å². The second-order valence-electron chi connectivity index (χ2n) is 4.64. The number of ether oxygens (including phenoxy) is 1. The van der Waals surface area contributed by atoms with Crippen molar-refractivity contribution in [2.45, 2.75) is 26.1 Å². The van der Waals surface area contributed by atoms with Crippen molar-refractivity contribution in [3.8, 4) is 5.75 Å². The molecule has 0 aliphatic carbocycles. The summed E-state index contributed by atoms with van der Waals surface area (Å²) in [4.78, 5) is 0. The molecule has 2 rings (SSSR count). The van der Waals surface area contributed by atoms with Crippen molar-refractivity contribution >= 4 is 11.6 Å². The van der Waals surface area contributed by atoms with E-state index in [4.69, 9.17) is 11.6 Å². The van der Waals surface area contributed by atoms with Crippen LogP contribution in [0.4, 0.5) is 8.78 Å². The highest BCUT2D eigenvalue weighted by molar-refractivity contribution is 6.31. The summed E-state index contributed by atoms with van der Waals surface area (Å²) in [6.45, 7) is -0.165. The molecule has 0 saturated carbocycles. The van der Waals surface area contributed by atoms with Crippen molar-refractivity contribution in [2.24, 2.45) is 0 Å². The Labute approximate surface area is 127 Å². The van der Waals surface area contributed by atoms with Crippen molar-refractivity contribution in [3.63, 3.8) is 0 Å². The first-order valence-electron chi connectivity index (χ1n) is 6.58. The molecule has 2 aromatic rings. The number of alkyl halides is 2. The lowest BCUT2D eigenvalue weighted by molar-refractivity contribution is -0.0498. The summed E-state index contributed by atoms with van der Waals surface area (Å²) in [5, 5.41) is 4.06. The Morgan fingerprint density at radius 3 is 2.38 bits per heavy atom. The van der Waals surface area contributed by atoms with Gasteiger partial charge in [0, 0.05) is 17.6 Å². The lowest BCUT2D eigenvalue weighted by atomic mass is 10.1. The Kier molecular flexibility index (Phi) is 5.53. The second kappa shape index (κ2) is 7.38. The highest BCUT2D eigenvalue weighted by atomic mass is 35.5. The van der Waals surface area contributed by atoms with Gasteiger partial charge in [-0.1, -0.05) is 41.9 Å². The van der Waals surface area contributed by atoms with E-state index in [1.54, 1.807) is 12.1 Å². The Balaban J connectivity index is 1.94. The van der Waals surface area contributed by atoms with Crippen LogP contribution < -0.4 is 10.1 Å². The Bertz CT molecular complexity index is 575. The number of rotatable bonds is 6. The van der Waals surface area contributed by atoms with Crippen LogP contribution in [0.5, 0.6) is 5.75 Å². The summed E-state index contributed by atoms with van der Waals surface area (Å²) < 4.78 is 28.5. The molecule has 1 unspecified atom stereocenters. The van der Waals surface area contributed by atoms with Crippen molar-refractivity contribution in [3.05, 3.63) is 64.7 Å². The maximum atomic E-state index is 12.1. The number of hydrogen-bond donors (Lipinski definition) is 1. The first-order valence-corrected chi connectivity index (χ1v) is 6.95. The van der Waals surface area contributed by atoms with Crippen LogP contribution in [0.1, 0.15) is 24.1 Å². The Morgan fingerprint density at radius 2 is 1.76 bits per heavy atom. The van der Waals surface area contributed by atoms with Gasteiger partial charge < -0.3 is 10.1 Å². The van der Waals surface area contributed by atoms with Crippen LogP contribution in [0.2, 0.25) is 5.02 Å². The maximum absolute atomic E-state index is 12.1. The SMILES string of the molecule is CC(NCc1ccccc1Cl)c1ccc(OC(F)F)cc1. The van der Waals surface area contributed by atoms with E-state index in [0.29, 0.717) is 6.54 Å². The van der Waals surface area contributed by atoms with E-state index < -0.39 is 6.61 Å². The standard InChI is InChI=1S/C16H16ClF2NO/c1-11(20-10-13-4-2-3-5-15(13)17)12-6-8-14(9-7-12)21-16(18)19/h2-9,11,16,20H,10H2,1H3. The zero-order valence-electron chi connectivity index (χ0n) is 11.5. The normalized spacial score (nSPS) is 12.4. The van der Waals surface area contributed by atoms with Crippen molar-refractivity contribution in [1.82, 2.24) is 5.32 Å². The minimum absolute atomic E-state index is 0.0712. The minimum atomic E-state index is -2.80. The fourth-order valence-corrected chi connectivity index (χ4v) is 2.16. The number of nitrogens with one attached hydrogen (secondary N) is 1. The summed E-state index contributed by atoms with van der Waals surface area (Å²) >= 11 is 6.10. The molecule has 1 atom stereocenters. The molecule has 0 saturated heterocycles. The first kappa shape index (κ1) is 15.7. The third-order valence-corrected chi connectivity index (χ3v) is 3.53. The fraction of sp³-hybridized carbons (Fsp3) is 0.250. The third kappa shape index (κ3) is 4.69. The lowest BCUT2D eigenvalue weighted by Gasteiger charge is -2.15. The van der Waals surface area contributed by atoms with Gasteiger partial charge in [0.1, 0.15) is 5.75 Å². The van der Waals surface area contributed by atoms with Gasteiger partial charge in [-0.25, -0.2) is 0 Å². The molecule has 0 aromatic heterocycles. The minimum Gasteiger partial charge on any atom is -0.435 e. The van der Waals surface area contributed by atoms with Gasteiger partial charge in [-0.05, 0) is 36.2 Å². The number of benzene rings is 2. The predicted octanol–water partition coefficient (Wildman–Crippen LogP) is 4.79. The van der Waals surface area contributed by atoms with Gasteiger partial charge in [-0.3, -0.25) is 0 Å². The quantitative estimate of drug-likeness (QED) is 0.828. The van der Waals surface area contributed by atoms with Crippen LogP contribution in [0.25, 0.3) is 0 Å². The molecule has 0 radical (unpaired) electrons. The Hall–Kier alpha value is -1.65. The van der Waals surface area contributed by atoms with E-state index in [9.17, 15) is 8.78 Å². The van der Waals surface area contributed by atoms with Crippen molar-refractivity contribution in [2.75, 3.05) is 0 Å². The molecule has 0 amide bonds. The monoisotopic (exact) mass is 311 g/mol. The van der Waals surface area contributed by atoms with Crippen LogP contribution in [0.15, 0.2) is 48.5 Å².